The second-order valence-corrected chi connectivity index (χ2v) is 4.98. The SMILES string of the molecule is CCCNC(c1ccc(F)cc1F)c1ccncc1CC. The second-order valence-electron chi connectivity index (χ2n) is 4.98. The van der Waals surface area contributed by atoms with E-state index in [1.54, 1.807) is 12.4 Å². The normalized spacial score (nSPS) is 12.4. The zero-order chi connectivity index (χ0) is 15.2. The first-order chi connectivity index (χ1) is 10.2. The fourth-order valence-electron chi connectivity index (χ4n) is 2.43. The van der Waals surface area contributed by atoms with Gasteiger partial charge in [0.1, 0.15) is 11.6 Å². The van der Waals surface area contributed by atoms with E-state index in [4.69, 9.17) is 0 Å². The minimum atomic E-state index is -0.559. The fourth-order valence-corrected chi connectivity index (χ4v) is 2.43. The van der Waals surface area contributed by atoms with Crippen LogP contribution in [0.5, 0.6) is 0 Å². The molecule has 1 N–H and O–H groups in total. The highest BCUT2D eigenvalue weighted by atomic mass is 19.1. The first kappa shape index (κ1) is 15.6. The summed E-state index contributed by atoms with van der Waals surface area (Å²) >= 11 is 0. The van der Waals surface area contributed by atoms with Crippen LogP contribution in [0.3, 0.4) is 0 Å². The molecule has 0 radical (unpaired) electrons. The average molecular weight is 290 g/mol. The summed E-state index contributed by atoms with van der Waals surface area (Å²) in [6.07, 6.45) is 5.26. The maximum Gasteiger partial charge on any atom is 0.131 e. The van der Waals surface area contributed by atoms with Gasteiger partial charge < -0.3 is 5.32 Å². The van der Waals surface area contributed by atoms with E-state index in [0.717, 1.165) is 36.6 Å². The Hall–Kier alpha value is -1.81. The van der Waals surface area contributed by atoms with Gasteiger partial charge in [-0.25, -0.2) is 8.78 Å². The van der Waals surface area contributed by atoms with Crippen LogP contribution in [0.1, 0.15) is 43.0 Å². The van der Waals surface area contributed by atoms with Crippen LogP contribution < -0.4 is 5.32 Å². The molecule has 0 bridgehead atoms. The van der Waals surface area contributed by atoms with Crippen molar-refractivity contribution in [3.8, 4) is 0 Å². The molecule has 0 saturated heterocycles. The molecule has 1 atom stereocenters. The smallest absolute Gasteiger partial charge is 0.131 e. The van der Waals surface area contributed by atoms with Gasteiger partial charge in [-0.15, -0.1) is 0 Å². The largest absolute Gasteiger partial charge is 0.306 e. The maximum atomic E-state index is 14.2. The van der Waals surface area contributed by atoms with Gasteiger partial charge in [0.2, 0.25) is 0 Å². The minimum absolute atomic E-state index is 0.288. The summed E-state index contributed by atoms with van der Waals surface area (Å²) in [7, 11) is 0. The van der Waals surface area contributed by atoms with Crippen molar-refractivity contribution < 1.29 is 8.78 Å². The molecule has 1 unspecified atom stereocenters. The molecule has 0 aliphatic carbocycles. The Balaban J connectivity index is 2.47. The molecule has 1 aromatic carbocycles. The Morgan fingerprint density at radius 1 is 1.14 bits per heavy atom. The molecular weight excluding hydrogens is 270 g/mol. The van der Waals surface area contributed by atoms with Crippen LogP contribution in [0, 0.1) is 11.6 Å². The van der Waals surface area contributed by atoms with Crippen molar-refractivity contribution in [2.24, 2.45) is 0 Å². The summed E-state index contributed by atoms with van der Waals surface area (Å²) in [6.45, 7) is 4.85. The first-order valence-corrected chi connectivity index (χ1v) is 7.28. The molecule has 1 aromatic heterocycles. The summed E-state index contributed by atoms with van der Waals surface area (Å²) in [5.41, 5.74) is 2.52. The third-order valence-electron chi connectivity index (χ3n) is 3.51. The standard InChI is InChI=1S/C17H20F2N2/c1-3-8-21-17(14-7-9-20-11-12(14)4-2)15-6-5-13(18)10-16(15)19/h5-7,9-11,17,21H,3-4,8H2,1-2H3. The van der Waals surface area contributed by atoms with Crippen molar-refractivity contribution in [3.05, 3.63) is 65.0 Å². The number of hydrogen-bond acceptors (Lipinski definition) is 2. The number of benzene rings is 1. The quantitative estimate of drug-likeness (QED) is 0.869. The molecule has 2 aromatic rings. The Kier molecular flexibility index (Phi) is 5.39. The number of nitrogens with zero attached hydrogens (tertiary/aromatic N) is 1. The highest BCUT2D eigenvalue weighted by Gasteiger charge is 2.20. The predicted molar refractivity (Wildman–Crippen MR) is 80.1 cm³/mol. The highest BCUT2D eigenvalue weighted by Crippen LogP contribution is 2.27. The summed E-state index contributed by atoms with van der Waals surface area (Å²) in [6, 6.07) is 5.35. The van der Waals surface area contributed by atoms with E-state index in [1.807, 2.05) is 13.0 Å². The molecule has 0 amide bonds. The molecular formula is C17H20F2N2. The van der Waals surface area contributed by atoms with Crippen LogP contribution in [0.25, 0.3) is 0 Å². The van der Waals surface area contributed by atoms with Gasteiger partial charge in [-0.05, 0) is 42.6 Å². The van der Waals surface area contributed by atoms with Gasteiger partial charge >= 0.3 is 0 Å². The minimum Gasteiger partial charge on any atom is -0.306 e. The molecule has 0 spiro atoms. The molecule has 0 aliphatic rings. The van der Waals surface area contributed by atoms with E-state index in [9.17, 15) is 8.78 Å². The molecule has 21 heavy (non-hydrogen) atoms. The van der Waals surface area contributed by atoms with Gasteiger partial charge in [0, 0.05) is 24.0 Å². The number of halogens is 2. The molecule has 2 rings (SSSR count). The molecule has 0 saturated carbocycles. The van der Waals surface area contributed by atoms with Gasteiger partial charge in [0.25, 0.3) is 0 Å². The van der Waals surface area contributed by atoms with E-state index < -0.39 is 11.6 Å². The number of nitrogens with one attached hydrogen (secondary N) is 1. The molecule has 4 heteroatoms. The van der Waals surface area contributed by atoms with Crippen molar-refractivity contribution in [3.63, 3.8) is 0 Å². The van der Waals surface area contributed by atoms with E-state index in [2.05, 4.69) is 17.2 Å². The van der Waals surface area contributed by atoms with E-state index in [0.29, 0.717) is 5.56 Å². The number of aryl methyl sites for hydroxylation is 1. The molecule has 0 aliphatic heterocycles. The van der Waals surface area contributed by atoms with Crippen molar-refractivity contribution in [1.29, 1.82) is 0 Å². The van der Waals surface area contributed by atoms with Crippen LogP contribution in [0.4, 0.5) is 8.78 Å². The van der Waals surface area contributed by atoms with Crippen LogP contribution in [0.2, 0.25) is 0 Å². The van der Waals surface area contributed by atoms with Crippen molar-refractivity contribution in [2.75, 3.05) is 6.54 Å². The van der Waals surface area contributed by atoms with Crippen molar-refractivity contribution in [2.45, 2.75) is 32.7 Å². The summed E-state index contributed by atoms with van der Waals surface area (Å²) in [5, 5.41) is 3.35. The highest BCUT2D eigenvalue weighted by molar-refractivity contribution is 5.36. The predicted octanol–water partition coefficient (Wildman–Crippen LogP) is 4.01. The molecule has 0 fully saturated rings. The zero-order valence-electron chi connectivity index (χ0n) is 12.4. The van der Waals surface area contributed by atoms with Crippen molar-refractivity contribution in [1.82, 2.24) is 10.3 Å². The Morgan fingerprint density at radius 2 is 1.95 bits per heavy atom. The topological polar surface area (TPSA) is 24.9 Å². The lowest BCUT2D eigenvalue weighted by Crippen LogP contribution is -2.25. The summed E-state index contributed by atoms with van der Waals surface area (Å²) < 4.78 is 27.3. The van der Waals surface area contributed by atoms with E-state index in [-0.39, 0.29) is 6.04 Å². The maximum absolute atomic E-state index is 14.2. The fraction of sp³-hybridized carbons (Fsp3) is 0.353. The first-order valence-electron chi connectivity index (χ1n) is 7.28. The van der Waals surface area contributed by atoms with Crippen molar-refractivity contribution >= 4 is 0 Å². The van der Waals surface area contributed by atoms with E-state index >= 15 is 0 Å². The zero-order valence-corrected chi connectivity index (χ0v) is 12.4. The molecule has 2 nitrogen and oxygen atoms in total. The average Bonchev–Trinajstić information content (AvgIpc) is 2.49. The van der Waals surface area contributed by atoms with Crippen LogP contribution in [-0.4, -0.2) is 11.5 Å². The second kappa shape index (κ2) is 7.27. The number of aromatic nitrogens is 1. The number of pyridine rings is 1. The molecule has 1 heterocycles. The van der Waals surface area contributed by atoms with Gasteiger partial charge in [-0.3, -0.25) is 4.98 Å². The van der Waals surface area contributed by atoms with Gasteiger partial charge in [0.05, 0.1) is 6.04 Å². The van der Waals surface area contributed by atoms with E-state index in [1.165, 1.54) is 12.1 Å². The molecule has 112 valence electrons. The summed E-state index contributed by atoms with van der Waals surface area (Å²) in [5.74, 6) is -1.08. The van der Waals surface area contributed by atoms with Crippen LogP contribution >= 0.6 is 0 Å². The van der Waals surface area contributed by atoms with Gasteiger partial charge in [-0.1, -0.05) is 19.9 Å². The van der Waals surface area contributed by atoms with Crippen LogP contribution in [0.15, 0.2) is 36.7 Å². The lowest BCUT2D eigenvalue weighted by atomic mass is 9.94. The Labute approximate surface area is 124 Å². The van der Waals surface area contributed by atoms with Gasteiger partial charge in [-0.2, -0.15) is 0 Å². The number of hydrogen-bond donors (Lipinski definition) is 1. The Bertz CT molecular complexity index is 599. The monoisotopic (exact) mass is 290 g/mol. The summed E-state index contributed by atoms with van der Waals surface area (Å²) in [4.78, 5) is 4.13. The Morgan fingerprint density at radius 3 is 2.62 bits per heavy atom. The lowest BCUT2D eigenvalue weighted by molar-refractivity contribution is 0.531. The number of rotatable bonds is 6. The lowest BCUT2D eigenvalue weighted by Gasteiger charge is -2.22. The van der Waals surface area contributed by atoms with Crippen LogP contribution in [-0.2, 0) is 6.42 Å². The third-order valence-corrected chi connectivity index (χ3v) is 3.51. The van der Waals surface area contributed by atoms with Gasteiger partial charge in [0.15, 0.2) is 0 Å². The third kappa shape index (κ3) is 3.64.